The van der Waals surface area contributed by atoms with Crippen LogP contribution in [0.5, 0.6) is 0 Å². The van der Waals surface area contributed by atoms with Gasteiger partial charge in [0.05, 0.1) is 5.41 Å². The normalized spacial score (nSPS) is 23.8. The molecule has 0 radical (unpaired) electrons. The third-order valence-electron chi connectivity index (χ3n) is 3.75. The van der Waals surface area contributed by atoms with Crippen LogP contribution in [0.25, 0.3) is 0 Å². The summed E-state index contributed by atoms with van der Waals surface area (Å²) in [5, 5.41) is 2.50. The van der Waals surface area contributed by atoms with Crippen LogP contribution in [-0.4, -0.2) is 11.8 Å². The van der Waals surface area contributed by atoms with Gasteiger partial charge in [-0.25, -0.2) is 0 Å². The summed E-state index contributed by atoms with van der Waals surface area (Å²) in [5.74, 6) is -0.276. The highest BCUT2D eigenvalue weighted by molar-refractivity contribution is 6.03. The van der Waals surface area contributed by atoms with Crippen molar-refractivity contribution < 1.29 is 9.59 Å². The number of carbonyl (C=O) groups is 2. The number of carbonyl (C=O) groups excluding carboxylic acids is 2. The Balaban J connectivity index is 2.34. The van der Waals surface area contributed by atoms with E-state index in [2.05, 4.69) is 12.2 Å². The van der Waals surface area contributed by atoms with Gasteiger partial charge in [-0.15, -0.1) is 0 Å². The second-order valence-corrected chi connectivity index (χ2v) is 4.93. The molecule has 1 aliphatic heterocycles. The van der Waals surface area contributed by atoms with Gasteiger partial charge in [-0.2, -0.15) is 0 Å². The molecule has 0 aliphatic carbocycles. The molecule has 1 aromatic rings. The number of rotatable bonds is 4. The second-order valence-electron chi connectivity index (χ2n) is 4.93. The highest BCUT2D eigenvalue weighted by atomic mass is 16.2. The van der Waals surface area contributed by atoms with Crippen molar-refractivity contribution in [3.05, 3.63) is 35.9 Å². The summed E-state index contributed by atoms with van der Waals surface area (Å²) in [4.78, 5) is 23.6. The molecular weight excluding hydrogens is 226 g/mol. The molecule has 18 heavy (non-hydrogen) atoms. The number of piperidine rings is 1. The summed E-state index contributed by atoms with van der Waals surface area (Å²) >= 11 is 0. The van der Waals surface area contributed by atoms with Gasteiger partial charge in [-0.1, -0.05) is 50.1 Å². The van der Waals surface area contributed by atoms with E-state index in [9.17, 15) is 9.59 Å². The van der Waals surface area contributed by atoms with E-state index in [4.69, 9.17) is 0 Å². The molecule has 1 aromatic carbocycles. The van der Waals surface area contributed by atoms with Crippen molar-refractivity contribution in [1.29, 1.82) is 0 Å². The molecule has 1 atom stereocenters. The lowest BCUT2D eigenvalue weighted by Gasteiger charge is -2.35. The standard InChI is InChI=1S/C15H19NO2/c1-2-3-10-15(12-7-5-4-6-8-12)11-9-13(17)16-14(15)18/h4-8H,2-3,9-11H2,1H3,(H,16,17,18). The van der Waals surface area contributed by atoms with Gasteiger partial charge >= 0.3 is 0 Å². The fraction of sp³-hybridized carbons (Fsp3) is 0.467. The largest absolute Gasteiger partial charge is 0.296 e. The van der Waals surface area contributed by atoms with Gasteiger partial charge in [0, 0.05) is 6.42 Å². The van der Waals surface area contributed by atoms with Gasteiger partial charge in [0.2, 0.25) is 11.8 Å². The lowest BCUT2D eigenvalue weighted by atomic mass is 9.70. The summed E-state index contributed by atoms with van der Waals surface area (Å²) in [6.45, 7) is 2.12. The maximum atomic E-state index is 12.3. The van der Waals surface area contributed by atoms with Crippen molar-refractivity contribution >= 4 is 11.8 Å². The molecule has 1 heterocycles. The van der Waals surface area contributed by atoms with Crippen molar-refractivity contribution in [3.8, 4) is 0 Å². The van der Waals surface area contributed by atoms with Crippen LogP contribution >= 0.6 is 0 Å². The number of imide groups is 1. The minimum atomic E-state index is -0.509. The summed E-state index contributed by atoms with van der Waals surface area (Å²) in [6, 6.07) is 9.83. The van der Waals surface area contributed by atoms with Crippen LogP contribution in [0.2, 0.25) is 0 Å². The summed E-state index contributed by atoms with van der Waals surface area (Å²) in [7, 11) is 0. The van der Waals surface area contributed by atoms with E-state index in [1.807, 2.05) is 30.3 Å². The van der Waals surface area contributed by atoms with Crippen LogP contribution in [0.4, 0.5) is 0 Å². The molecule has 0 spiro atoms. The Morgan fingerprint density at radius 1 is 1.22 bits per heavy atom. The Morgan fingerprint density at radius 3 is 2.56 bits per heavy atom. The molecule has 0 bridgehead atoms. The fourth-order valence-corrected chi connectivity index (χ4v) is 2.64. The zero-order valence-electron chi connectivity index (χ0n) is 10.7. The van der Waals surface area contributed by atoms with Crippen LogP contribution < -0.4 is 5.32 Å². The van der Waals surface area contributed by atoms with Crippen LogP contribution in [0.3, 0.4) is 0 Å². The molecule has 3 heteroatoms. The predicted molar refractivity (Wildman–Crippen MR) is 70.0 cm³/mol. The van der Waals surface area contributed by atoms with E-state index in [0.717, 1.165) is 24.8 Å². The molecule has 0 saturated carbocycles. The molecule has 2 rings (SSSR count). The van der Waals surface area contributed by atoms with E-state index in [1.165, 1.54) is 0 Å². The quantitative estimate of drug-likeness (QED) is 0.829. The number of benzene rings is 1. The van der Waals surface area contributed by atoms with Crippen molar-refractivity contribution in [2.45, 2.75) is 44.4 Å². The van der Waals surface area contributed by atoms with E-state index < -0.39 is 5.41 Å². The highest BCUT2D eigenvalue weighted by Gasteiger charge is 2.43. The molecule has 1 N–H and O–H groups in total. The van der Waals surface area contributed by atoms with E-state index in [1.54, 1.807) is 0 Å². The molecule has 96 valence electrons. The minimum Gasteiger partial charge on any atom is -0.296 e. The maximum absolute atomic E-state index is 12.3. The third-order valence-corrected chi connectivity index (χ3v) is 3.75. The van der Waals surface area contributed by atoms with E-state index in [-0.39, 0.29) is 11.8 Å². The summed E-state index contributed by atoms with van der Waals surface area (Å²) < 4.78 is 0. The predicted octanol–water partition coefficient (Wildman–Crippen LogP) is 2.55. The average molecular weight is 245 g/mol. The Morgan fingerprint density at radius 2 is 1.94 bits per heavy atom. The van der Waals surface area contributed by atoms with Crippen molar-refractivity contribution in [2.24, 2.45) is 0 Å². The van der Waals surface area contributed by atoms with E-state index >= 15 is 0 Å². The molecule has 0 aromatic heterocycles. The first-order chi connectivity index (χ1) is 8.69. The smallest absolute Gasteiger partial charge is 0.237 e. The SMILES string of the molecule is CCCCC1(c2ccccc2)CCC(=O)NC1=O. The lowest BCUT2D eigenvalue weighted by molar-refractivity contribution is -0.138. The van der Waals surface area contributed by atoms with E-state index in [0.29, 0.717) is 12.8 Å². The zero-order valence-corrected chi connectivity index (χ0v) is 10.7. The fourth-order valence-electron chi connectivity index (χ4n) is 2.64. The molecular formula is C15H19NO2. The van der Waals surface area contributed by atoms with Crippen LogP contribution in [-0.2, 0) is 15.0 Å². The Hall–Kier alpha value is -1.64. The topological polar surface area (TPSA) is 46.2 Å². The Labute approximate surface area is 108 Å². The molecule has 1 fully saturated rings. The van der Waals surface area contributed by atoms with Gasteiger partial charge in [0.15, 0.2) is 0 Å². The average Bonchev–Trinajstić information content (AvgIpc) is 2.39. The number of hydrogen-bond acceptors (Lipinski definition) is 2. The van der Waals surface area contributed by atoms with Crippen LogP contribution in [0.1, 0.15) is 44.6 Å². The Kier molecular flexibility index (Phi) is 3.80. The number of amides is 2. The third kappa shape index (κ3) is 2.30. The molecule has 1 saturated heterocycles. The number of nitrogens with one attached hydrogen (secondary N) is 1. The van der Waals surface area contributed by atoms with Crippen molar-refractivity contribution in [3.63, 3.8) is 0 Å². The molecule has 1 unspecified atom stereocenters. The van der Waals surface area contributed by atoms with Gasteiger partial charge < -0.3 is 0 Å². The Bertz CT molecular complexity index is 441. The molecule has 2 amide bonds. The molecule has 1 aliphatic rings. The second kappa shape index (κ2) is 5.34. The zero-order chi connectivity index (χ0) is 13.0. The maximum Gasteiger partial charge on any atom is 0.237 e. The monoisotopic (exact) mass is 245 g/mol. The van der Waals surface area contributed by atoms with Gasteiger partial charge in [0.25, 0.3) is 0 Å². The first kappa shape index (κ1) is 12.8. The van der Waals surface area contributed by atoms with Gasteiger partial charge in [-0.05, 0) is 18.4 Å². The number of unbranched alkanes of at least 4 members (excludes halogenated alkanes) is 1. The van der Waals surface area contributed by atoms with Crippen LogP contribution in [0.15, 0.2) is 30.3 Å². The van der Waals surface area contributed by atoms with Gasteiger partial charge in [-0.3, -0.25) is 14.9 Å². The van der Waals surface area contributed by atoms with Gasteiger partial charge in [0.1, 0.15) is 0 Å². The van der Waals surface area contributed by atoms with Crippen molar-refractivity contribution in [2.75, 3.05) is 0 Å². The first-order valence-corrected chi connectivity index (χ1v) is 6.59. The van der Waals surface area contributed by atoms with Crippen LogP contribution in [0, 0.1) is 0 Å². The number of hydrogen-bond donors (Lipinski definition) is 1. The first-order valence-electron chi connectivity index (χ1n) is 6.59. The highest BCUT2D eigenvalue weighted by Crippen LogP contribution is 2.37. The summed E-state index contributed by atoms with van der Waals surface area (Å²) in [6.07, 6.45) is 3.92. The molecule has 3 nitrogen and oxygen atoms in total. The van der Waals surface area contributed by atoms with Crippen molar-refractivity contribution in [1.82, 2.24) is 5.32 Å². The lowest BCUT2D eigenvalue weighted by Crippen LogP contribution is -2.51. The minimum absolute atomic E-state index is 0.126. The summed E-state index contributed by atoms with van der Waals surface area (Å²) in [5.41, 5.74) is 0.522.